The third-order valence-corrected chi connectivity index (χ3v) is 10.2. The monoisotopic (exact) mass is 724 g/mol. The van der Waals surface area contributed by atoms with Crippen LogP contribution in [0.25, 0.3) is 22.0 Å². The van der Waals surface area contributed by atoms with Crippen LogP contribution < -0.4 is 10.6 Å². The summed E-state index contributed by atoms with van der Waals surface area (Å²) in [6, 6.07) is 39.3. The Bertz CT molecular complexity index is 2170. The summed E-state index contributed by atoms with van der Waals surface area (Å²) < 4.78 is 6.05. The van der Waals surface area contributed by atoms with Crippen molar-refractivity contribution in [3.05, 3.63) is 166 Å². The number of benzene rings is 5. The fourth-order valence-corrected chi connectivity index (χ4v) is 7.21. The Balaban J connectivity index is 1.10. The first-order chi connectivity index (χ1) is 25.9. The lowest BCUT2D eigenvalue weighted by atomic mass is 9.98. The van der Waals surface area contributed by atoms with Crippen molar-refractivity contribution < 1.29 is 19.1 Å². The molecule has 0 aliphatic heterocycles. The normalized spacial score (nSPS) is 13.1. The van der Waals surface area contributed by atoms with Crippen LogP contribution in [-0.4, -0.2) is 53.0 Å². The van der Waals surface area contributed by atoms with Crippen LogP contribution in [-0.2, 0) is 33.7 Å². The molecular formula is C44H41ClN4O4. The van der Waals surface area contributed by atoms with Crippen LogP contribution >= 0.6 is 11.6 Å². The third kappa shape index (κ3) is 8.13. The van der Waals surface area contributed by atoms with Gasteiger partial charge >= 0.3 is 6.09 Å². The predicted octanol–water partition coefficient (Wildman–Crippen LogP) is 8.05. The molecule has 2 atom stereocenters. The SMILES string of the molecule is CC(C(=O)N[C@H](Cc1c[nH]c2ccccc12)C(=O)NCCc1ccccc1)N(Cc1ccc(Cl)cc1)C(=O)OCC1c2ccccc2-c2ccccc21. The summed E-state index contributed by atoms with van der Waals surface area (Å²) in [5.74, 6) is -0.930. The molecule has 5 aromatic carbocycles. The van der Waals surface area contributed by atoms with Crippen LogP contribution in [0.2, 0.25) is 5.02 Å². The van der Waals surface area contributed by atoms with Gasteiger partial charge in [-0.05, 0) is 70.5 Å². The van der Waals surface area contributed by atoms with Gasteiger partial charge in [0.2, 0.25) is 11.8 Å². The molecule has 0 radical (unpaired) electrons. The zero-order valence-electron chi connectivity index (χ0n) is 29.4. The van der Waals surface area contributed by atoms with Gasteiger partial charge in [-0.15, -0.1) is 0 Å². The van der Waals surface area contributed by atoms with Gasteiger partial charge in [0.05, 0.1) is 0 Å². The molecule has 1 aliphatic carbocycles. The molecular weight excluding hydrogens is 684 g/mol. The van der Waals surface area contributed by atoms with Crippen LogP contribution in [0.3, 0.4) is 0 Å². The molecule has 0 saturated heterocycles. The summed E-state index contributed by atoms with van der Waals surface area (Å²) in [6.07, 6.45) is 2.13. The molecule has 0 spiro atoms. The molecule has 0 saturated carbocycles. The van der Waals surface area contributed by atoms with E-state index in [2.05, 4.69) is 39.9 Å². The maximum Gasteiger partial charge on any atom is 0.410 e. The van der Waals surface area contributed by atoms with Gasteiger partial charge in [-0.2, -0.15) is 0 Å². The molecule has 1 unspecified atom stereocenters. The predicted molar refractivity (Wildman–Crippen MR) is 209 cm³/mol. The lowest BCUT2D eigenvalue weighted by Crippen LogP contribution is -2.54. The summed E-state index contributed by atoms with van der Waals surface area (Å²) in [4.78, 5) is 46.7. The number of rotatable bonds is 13. The van der Waals surface area contributed by atoms with Gasteiger partial charge in [0.25, 0.3) is 0 Å². The van der Waals surface area contributed by atoms with Gasteiger partial charge in [0.1, 0.15) is 18.7 Å². The van der Waals surface area contributed by atoms with Gasteiger partial charge in [0, 0.05) is 47.6 Å². The van der Waals surface area contributed by atoms with Crippen LogP contribution in [0.4, 0.5) is 4.79 Å². The van der Waals surface area contributed by atoms with E-state index in [-0.39, 0.29) is 31.4 Å². The summed E-state index contributed by atoms with van der Waals surface area (Å²) in [5, 5.41) is 7.54. The molecule has 1 aromatic heterocycles. The van der Waals surface area contributed by atoms with Crippen molar-refractivity contribution in [2.75, 3.05) is 13.2 Å². The van der Waals surface area contributed by atoms with E-state index in [4.69, 9.17) is 16.3 Å². The third-order valence-electron chi connectivity index (χ3n) is 9.97. The fourth-order valence-electron chi connectivity index (χ4n) is 7.08. The lowest BCUT2D eigenvalue weighted by Gasteiger charge is -2.30. The van der Waals surface area contributed by atoms with Crippen LogP contribution in [0.1, 0.15) is 40.7 Å². The van der Waals surface area contributed by atoms with E-state index >= 15 is 0 Å². The standard InChI is InChI=1S/C44H41ClN4O4/c1-29(42(50)48-41(25-32-26-47-40-18-10-9-13-34(32)40)43(51)46-24-23-30-11-3-2-4-12-30)49(27-31-19-21-33(45)22-20-31)44(52)53-28-39-37-16-7-5-14-35(37)36-15-6-8-17-38(36)39/h2-22,26,29,39,41,47H,23-25,27-28H2,1H3,(H,46,51)(H,48,50)/t29?,41-/m1/s1. The Morgan fingerprint density at radius 2 is 1.42 bits per heavy atom. The molecule has 1 heterocycles. The van der Waals surface area contributed by atoms with Crippen molar-refractivity contribution in [2.45, 2.75) is 44.3 Å². The number of nitrogens with one attached hydrogen (secondary N) is 3. The summed E-state index contributed by atoms with van der Waals surface area (Å²) in [7, 11) is 0. The van der Waals surface area contributed by atoms with Crippen molar-refractivity contribution in [2.24, 2.45) is 0 Å². The van der Waals surface area contributed by atoms with Gasteiger partial charge in [0.15, 0.2) is 0 Å². The van der Waals surface area contributed by atoms with E-state index in [0.717, 1.165) is 49.8 Å². The van der Waals surface area contributed by atoms with E-state index in [0.29, 0.717) is 18.0 Å². The highest BCUT2D eigenvalue weighted by Crippen LogP contribution is 2.44. The largest absolute Gasteiger partial charge is 0.448 e. The highest BCUT2D eigenvalue weighted by Gasteiger charge is 2.33. The maximum absolute atomic E-state index is 14.2. The van der Waals surface area contributed by atoms with E-state index in [1.165, 1.54) is 4.90 Å². The maximum atomic E-state index is 14.2. The highest BCUT2D eigenvalue weighted by atomic mass is 35.5. The Hall–Kier alpha value is -5.86. The number of hydrogen-bond acceptors (Lipinski definition) is 4. The molecule has 0 fully saturated rings. The summed E-state index contributed by atoms with van der Waals surface area (Å²) >= 11 is 6.17. The van der Waals surface area contributed by atoms with Crippen LogP contribution in [0.5, 0.6) is 0 Å². The summed E-state index contributed by atoms with van der Waals surface area (Å²) in [6.45, 7) is 2.26. The minimum absolute atomic E-state index is 0.0960. The van der Waals surface area contributed by atoms with Crippen molar-refractivity contribution in [3.63, 3.8) is 0 Å². The Labute approximate surface area is 314 Å². The average Bonchev–Trinajstić information content (AvgIpc) is 3.75. The first-order valence-corrected chi connectivity index (χ1v) is 18.3. The summed E-state index contributed by atoms with van der Waals surface area (Å²) in [5.41, 5.74) is 8.14. The number of aromatic amines is 1. The number of ether oxygens (including phenoxy) is 1. The number of carbonyl (C=O) groups excluding carboxylic acids is 3. The van der Waals surface area contributed by atoms with E-state index in [9.17, 15) is 14.4 Å². The van der Waals surface area contributed by atoms with Crippen molar-refractivity contribution in [1.82, 2.24) is 20.5 Å². The van der Waals surface area contributed by atoms with Gasteiger partial charge in [-0.25, -0.2) is 4.79 Å². The minimum Gasteiger partial charge on any atom is -0.448 e. The Kier molecular flexibility index (Phi) is 10.9. The number of fused-ring (bicyclic) bond motifs is 4. The van der Waals surface area contributed by atoms with Gasteiger partial charge in [-0.3, -0.25) is 14.5 Å². The molecule has 7 rings (SSSR count). The molecule has 3 amide bonds. The number of halogens is 1. The van der Waals surface area contributed by atoms with Crippen molar-refractivity contribution in [3.8, 4) is 11.1 Å². The number of para-hydroxylation sites is 1. The first kappa shape index (κ1) is 35.5. The fraction of sp³-hybridized carbons (Fsp3) is 0.205. The van der Waals surface area contributed by atoms with Crippen molar-refractivity contribution >= 4 is 40.4 Å². The second kappa shape index (κ2) is 16.2. The molecule has 6 aromatic rings. The first-order valence-electron chi connectivity index (χ1n) is 17.9. The zero-order chi connectivity index (χ0) is 36.7. The topological polar surface area (TPSA) is 104 Å². The number of nitrogens with zero attached hydrogens (tertiary/aromatic N) is 1. The molecule has 268 valence electrons. The van der Waals surface area contributed by atoms with E-state index < -0.39 is 24.1 Å². The minimum atomic E-state index is -0.982. The number of H-pyrrole nitrogens is 1. The smallest absolute Gasteiger partial charge is 0.410 e. The van der Waals surface area contributed by atoms with Crippen molar-refractivity contribution in [1.29, 1.82) is 0 Å². The zero-order valence-corrected chi connectivity index (χ0v) is 30.2. The highest BCUT2D eigenvalue weighted by molar-refractivity contribution is 6.30. The quantitative estimate of drug-likeness (QED) is 0.112. The number of aromatic nitrogens is 1. The average molecular weight is 725 g/mol. The Morgan fingerprint density at radius 3 is 2.13 bits per heavy atom. The Morgan fingerprint density at radius 1 is 0.774 bits per heavy atom. The molecule has 1 aliphatic rings. The van der Waals surface area contributed by atoms with E-state index in [1.807, 2.05) is 97.2 Å². The molecule has 3 N–H and O–H groups in total. The lowest BCUT2D eigenvalue weighted by molar-refractivity contribution is -0.131. The molecule has 53 heavy (non-hydrogen) atoms. The van der Waals surface area contributed by atoms with Gasteiger partial charge in [-0.1, -0.05) is 121 Å². The van der Waals surface area contributed by atoms with Crippen LogP contribution in [0, 0.1) is 0 Å². The number of hydrogen-bond donors (Lipinski definition) is 3. The van der Waals surface area contributed by atoms with E-state index in [1.54, 1.807) is 19.1 Å². The number of carbonyl (C=O) groups is 3. The molecule has 8 nitrogen and oxygen atoms in total. The second-order valence-corrected chi connectivity index (χ2v) is 13.8. The van der Waals surface area contributed by atoms with Crippen LogP contribution in [0.15, 0.2) is 134 Å². The molecule has 0 bridgehead atoms. The second-order valence-electron chi connectivity index (χ2n) is 13.4. The van der Waals surface area contributed by atoms with Gasteiger partial charge < -0.3 is 20.4 Å². The molecule has 9 heteroatoms. The number of amides is 3.